The summed E-state index contributed by atoms with van der Waals surface area (Å²) < 4.78 is 0. The minimum Gasteiger partial charge on any atom is -0.508 e. The number of amides is 4. The molecule has 0 aliphatic heterocycles. The van der Waals surface area contributed by atoms with Gasteiger partial charge in [0.05, 0.1) is 6.54 Å². The lowest BCUT2D eigenvalue weighted by atomic mass is 10.0. The van der Waals surface area contributed by atoms with E-state index in [9.17, 15) is 34.2 Å². The van der Waals surface area contributed by atoms with Crippen LogP contribution >= 0.6 is 11.8 Å². The van der Waals surface area contributed by atoms with Gasteiger partial charge in [-0.25, -0.2) is 4.79 Å². The molecule has 9 N–H and O–H groups in total. The fourth-order valence-corrected chi connectivity index (χ4v) is 3.39. The number of nitrogens with one attached hydrogen (secondary N) is 3. The second kappa shape index (κ2) is 14.8. The third-order valence-corrected chi connectivity index (χ3v) is 5.39. The number of aromatic hydroxyl groups is 1. The van der Waals surface area contributed by atoms with Gasteiger partial charge in [0, 0.05) is 12.8 Å². The van der Waals surface area contributed by atoms with Gasteiger partial charge in [-0.1, -0.05) is 12.1 Å². The topological polar surface area (TPSA) is 214 Å². The number of phenolic OH excluding ortho intramolecular Hbond substituents is 1. The quantitative estimate of drug-likeness (QED) is 0.149. The summed E-state index contributed by atoms with van der Waals surface area (Å²) >= 11 is 1.41. The van der Waals surface area contributed by atoms with E-state index in [0.29, 0.717) is 11.3 Å². The fourth-order valence-electron chi connectivity index (χ4n) is 2.92. The number of hydrogen-bond donors (Lipinski definition) is 7. The maximum Gasteiger partial charge on any atom is 0.326 e. The van der Waals surface area contributed by atoms with Crippen molar-refractivity contribution in [1.29, 1.82) is 0 Å². The van der Waals surface area contributed by atoms with E-state index in [2.05, 4.69) is 16.0 Å². The van der Waals surface area contributed by atoms with E-state index in [1.54, 1.807) is 18.4 Å². The van der Waals surface area contributed by atoms with Crippen LogP contribution in [0.1, 0.15) is 24.8 Å². The molecule has 3 atom stereocenters. The molecule has 3 unspecified atom stereocenters. The third kappa shape index (κ3) is 10.5. The molecule has 0 bridgehead atoms. The van der Waals surface area contributed by atoms with Crippen molar-refractivity contribution in [2.75, 3.05) is 18.6 Å². The Bertz CT molecular complexity index is 866. The van der Waals surface area contributed by atoms with E-state index < -0.39 is 47.7 Å². The first kappa shape index (κ1) is 28.7. The molecule has 0 aliphatic rings. The summed E-state index contributed by atoms with van der Waals surface area (Å²) in [6, 6.07) is 2.37. The van der Waals surface area contributed by atoms with Gasteiger partial charge in [0.25, 0.3) is 0 Å². The van der Waals surface area contributed by atoms with Crippen molar-refractivity contribution in [2.45, 2.75) is 43.8 Å². The number of carboxylic acid groups (broad SMARTS) is 1. The molecule has 1 aromatic carbocycles. The van der Waals surface area contributed by atoms with Crippen LogP contribution in [0.25, 0.3) is 0 Å². The summed E-state index contributed by atoms with van der Waals surface area (Å²) in [7, 11) is 0. The third-order valence-electron chi connectivity index (χ3n) is 4.75. The fraction of sp³-hybridized carbons (Fsp3) is 0.476. The second-order valence-corrected chi connectivity index (χ2v) is 8.43. The highest BCUT2D eigenvalue weighted by atomic mass is 32.2. The van der Waals surface area contributed by atoms with Gasteiger partial charge in [-0.2, -0.15) is 11.8 Å². The van der Waals surface area contributed by atoms with Crippen LogP contribution in [0.4, 0.5) is 0 Å². The summed E-state index contributed by atoms with van der Waals surface area (Å²) in [5, 5.41) is 26.1. The molecular formula is C21H31N5O7S. The highest BCUT2D eigenvalue weighted by molar-refractivity contribution is 7.98. The summed E-state index contributed by atoms with van der Waals surface area (Å²) in [6.07, 6.45) is 1.57. The average Bonchev–Trinajstić information content (AvgIpc) is 2.79. The maximum absolute atomic E-state index is 13.0. The number of phenols is 1. The highest BCUT2D eigenvalue weighted by Crippen LogP contribution is 2.12. The first-order chi connectivity index (χ1) is 16.1. The Morgan fingerprint density at radius 2 is 1.53 bits per heavy atom. The molecule has 0 saturated carbocycles. The minimum atomic E-state index is -1.27. The first-order valence-corrected chi connectivity index (χ1v) is 11.8. The summed E-state index contributed by atoms with van der Waals surface area (Å²) in [5.41, 5.74) is 11.1. The van der Waals surface area contributed by atoms with Crippen molar-refractivity contribution >= 4 is 41.4 Å². The summed E-state index contributed by atoms with van der Waals surface area (Å²) in [5.74, 6) is -3.58. The summed E-state index contributed by atoms with van der Waals surface area (Å²) in [6.45, 7) is -0.374. The lowest BCUT2D eigenvalue weighted by molar-refractivity contribution is -0.142. The van der Waals surface area contributed by atoms with Crippen LogP contribution in [-0.2, 0) is 30.4 Å². The number of carbonyl (C=O) groups is 5. The average molecular weight is 498 g/mol. The molecular weight excluding hydrogens is 466 g/mol. The zero-order valence-electron chi connectivity index (χ0n) is 18.8. The molecule has 0 radical (unpaired) electrons. The van der Waals surface area contributed by atoms with Crippen LogP contribution in [0.3, 0.4) is 0 Å². The lowest BCUT2D eigenvalue weighted by Crippen LogP contribution is -2.56. The van der Waals surface area contributed by atoms with Gasteiger partial charge in [0.2, 0.25) is 23.6 Å². The molecule has 0 fully saturated rings. The SMILES string of the molecule is CSCCC(NC(=O)C(CCC(N)=O)NC(=O)C(Cc1ccc(O)cc1)NC(=O)CN)C(=O)O. The van der Waals surface area contributed by atoms with Crippen LogP contribution in [0.15, 0.2) is 24.3 Å². The molecule has 12 nitrogen and oxygen atoms in total. The highest BCUT2D eigenvalue weighted by Gasteiger charge is 2.29. The van der Waals surface area contributed by atoms with Gasteiger partial charge < -0.3 is 37.6 Å². The monoisotopic (exact) mass is 497 g/mol. The normalized spacial score (nSPS) is 13.2. The number of carboxylic acids is 1. The van der Waals surface area contributed by atoms with Crippen LogP contribution in [0.5, 0.6) is 5.75 Å². The van der Waals surface area contributed by atoms with Gasteiger partial charge in [0.15, 0.2) is 0 Å². The first-order valence-electron chi connectivity index (χ1n) is 10.5. The Balaban J connectivity index is 3.04. The number of benzene rings is 1. The molecule has 0 aliphatic carbocycles. The Kier molecular flexibility index (Phi) is 12.5. The van der Waals surface area contributed by atoms with E-state index in [4.69, 9.17) is 11.5 Å². The van der Waals surface area contributed by atoms with Crippen molar-refractivity contribution in [3.05, 3.63) is 29.8 Å². The van der Waals surface area contributed by atoms with Crippen LogP contribution in [0, 0.1) is 0 Å². The van der Waals surface area contributed by atoms with Crippen LogP contribution in [0.2, 0.25) is 0 Å². The van der Waals surface area contributed by atoms with Gasteiger partial charge in [0.1, 0.15) is 23.9 Å². The number of hydrogen-bond acceptors (Lipinski definition) is 8. The molecule has 0 spiro atoms. The van der Waals surface area contributed by atoms with Crippen molar-refractivity contribution in [1.82, 2.24) is 16.0 Å². The Morgan fingerprint density at radius 3 is 2.06 bits per heavy atom. The van der Waals surface area contributed by atoms with Gasteiger partial charge in [-0.3, -0.25) is 19.2 Å². The largest absolute Gasteiger partial charge is 0.508 e. The predicted octanol–water partition coefficient (Wildman–Crippen LogP) is -1.55. The molecule has 0 aromatic heterocycles. The molecule has 0 saturated heterocycles. The lowest BCUT2D eigenvalue weighted by Gasteiger charge is -2.24. The van der Waals surface area contributed by atoms with E-state index >= 15 is 0 Å². The number of thioether (sulfide) groups is 1. The van der Waals surface area contributed by atoms with Crippen molar-refractivity contribution in [3.63, 3.8) is 0 Å². The zero-order chi connectivity index (χ0) is 25.7. The molecule has 188 valence electrons. The van der Waals surface area contributed by atoms with E-state index in [1.165, 1.54) is 23.9 Å². The molecule has 4 amide bonds. The molecule has 1 aromatic rings. The minimum absolute atomic E-state index is 0.0213. The molecule has 1 rings (SSSR count). The maximum atomic E-state index is 13.0. The second-order valence-electron chi connectivity index (χ2n) is 7.44. The number of primary amides is 1. The van der Waals surface area contributed by atoms with Crippen LogP contribution in [-0.4, -0.2) is 76.5 Å². The zero-order valence-corrected chi connectivity index (χ0v) is 19.6. The number of aliphatic carboxylic acids is 1. The Morgan fingerprint density at radius 1 is 0.941 bits per heavy atom. The van der Waals surface area contributed by atoms with E-state index in [-0.39, 0.29) is 38.0 Å². The van der Waals surface area contributed by atoms with E-state index in [1.807, 2.05) is 0 Å². The number of rotatable bonds is 15. The summed E-state index contributed by atoms with van der Waals surface area (Å²) in [4.78, 5) is 60.4. The van der Waals surface area contributed by atoms with Gasteiger partial charge in [-0.05, 0) is 42.5 Å². The smallest absolute Gasteiger partial charge is 0.326 e. The van der Waals surface area contributed by atoms with Crippen molar-refractivity contribution in [2.24, 2.45) is 11.5 Å². The molecule has 13 heteroatoms. The van der Waals surface area contributed by atoms with Gasteiger partial charge in [-0.15, -0.1) is 0 Å². The molecule has 0 heterocycles. The number of nitrogens with two attached hydrogens (primary N) is 2. The predicted molar refractivity (Wildman–Crippen MR) is 126 cm³/mol. The van der Waals surface area contributed by atoms with Crippen molar-refractivity contribution < 1.29 is 34.2 Å². The van der Waals surface area contributed by atoms with E-state index in [0.717, 1.165) is 0 Å². The Hall–Kier alpha value is -3.32. The molecule has 34 heavy (non-hydrogen) atoms. The van der Waals surface area contributed by atoms with Gasteiger partial charge >= 0.3 is 5.97 Å². The Labute approximate surface area is 201 Å². The number of carbonyl (C=O) groups excluding carboxylic acids is 4. The van der Waals surface area contributed by atoms with Crippen LogP contribution < -0.4 is 27.4 Å². The van der Waals surface area contributed by atoms with Crippen molar-refractivity contribution in [3.8, 4) is 5.75 Å². The standard InChI is InChI=1S/C21H31N5O7S/c1-34-9-8-15(21(32)33)26-19(30)14(6-7-17(23)28)25-20(31)16(24-18(29)11-22)10-12-2-4-13(27)5-3-12/h2-5,14-16,27H,6-11,22H2,1H3,(H2,23,28)(H,24,29)(H,25,31)(H,26,30)(H,32,33).